The van der Waals surface area contributed by atoms with Gasteiger partial charge >= 0.3 is 0 Å². The van der Waals surface area contributed by atoms with Crippen LogP contribution in [-0.4, -0.2) is 37.8 Å². The van der Waals surface area contributed by atoms with E-state index in [0.717, 1.165) is 25.1 Å². The predicted octanol–water partition coefficient (Wildman–Crippen LogP) is 2.49. The maximum absolute atomic E-state index is 11.5. The number of β-amino-alcohol motifs (C(OH)–C–C–N with tert-alkyl or cyclic N) is 1. The molecule has 0 bridgehead atoms. The van der Waals surface area contributed by atoms with Crippen LogP contribution in [0, 0.1) is 6.92 Å². The van der Waals surface area contributed by atoms with E-state index in [1.54, 1.807) is 24.3 Å². The maximum Gasteiger partial charge on any atom is 0.175 e. The number of hydrogen-bond donors (Lipinski definition) is 1. The number of rotatable bonds is 4. The lowest BCUT2D eigenvalue weighted by molar-refractivity contribution is 0.106. The minimum atomic E-state index is -3.20. The summed E-state index contributed by atoms with van der Waals surface area (Å²) in [5.74, 6) is 0. The van der Waals surface area contributed by atoms with Gasteiger partial charge in [-0.3, -0.25) is 4.90 Å². The molecule has 128 valence electrons. The first kappa shape index (κ1) is 17.1. The Morgan fingerprint density at radius 3 is 2.50 bits per heavy atom. The normalized spacial score (nSPS) is 16.6. The van der Waals surface area contributed by atoms with Crippen molar-refractivity contribution in [2.45, 2.75) is 30.9 Å². The average Bonchev–Trinajstić information content (AvgIpc) is 2.54. The highest BCUT2D eigenvalue weighted by Crippen LogP contribution is 2.23. The fourth-order valence-electron chi connectivity index (χ4n) is 3.18. The van der Waals surface area contributed by atoms with Gasteiger partial charge in [-0.2, -0.15) is 0 Å². The van der Waals surface area contributed by atoms with Gasteiger partial charge < -0.3 is 5.11 Å². The highest BCUT2D eigenvalue weighted by Gasteiger charge is 2.20. The van der Waals surface area contributed by atoms with Crippen LogP contribution in [0.4, 0.5) is 0 Å². The van der Waals surface area contributed by atoms with Crippen LogP contribution in [-0.2, 0) is 22.8 Å². The molecule has 5 heteroatoms. The summed E-state index contributed by atoms with van der Waals surface area (Å²) >= 11 is 0. The molecule has 0 aliphatic carbocycles. The molecule has 1 atom stereocenters. The molecule has 0 saturated carbocycles. The summed E-state index contributed by atoms with van der Waals surface area (Å²) in [7, 11) is -3.20. The molecule has 1 N–H and O–H groups in total. The van der Waals surface area contributed by atoms with Crippen LogP contribution in [0.5, 0.6) is 0 Å². The molecule has 0 aromatic heterocycles. The van der Waals surface area contributed by atoms with Crippen molar-refractivity contribution < 1.29 is 13.5 Å². The number of hydrogen-bond acceptors (Lipinski definition) is 4. The van der Waals surface area contributed by atoms with Crippen molar-refractivity contribution >= 4 is 9.84 Å². The molecule has 0 radical (unpaired) electrons. The summed E-state index contributed by atoms with van der Waals surface area (Å²) in [5.41, 5.74) is 4.76. The first-order valence-electron chi connectivity index (χ1n) is 8.12. The van der Waals surface area contributed by atoms with Gasteiger partial charge in [0.1, 0.15) is 0 Å². The zero-order valence-corrected chi connectivity index (χ0v) is 14.9. The van der Waals surface area contributed by atoms with Gasteiger partial charge in [0, 0.05) is 25.9 Å². The maximum atomic E-state index is 11.5. The molecule has 1 unspecified atom stereocenters. The van der Waals surface area contributed by atoms with Gasteiger partial charge in [-0.15, -0.1) is 0 Å². The van der Waals surface area contributed by atoms with E-state index in [-0.39, 0.29) is 4.90 Å². The summed E-state index contributed by atoms with van der Waals surface area (Å²) in [5, 5.41) is 10.5. The highest BCUT2D eigenvalue weighted by atomic mass is 32.2. The number of fused-ring (bicyclic) bond motifs is 1. The van der Waals surface area contributed by atoms with Crippen molar-refractivity contribution in [3.05, 3.63) is 64.7 Å². The molecule has 24 heavy (non-hydrogen) atoms. The smallest absolute Gasteiger partial charge is 0.175 e. The summed E-state index contributed by atoms with van der Waals surface area (Å²) in [6.07, 6.45) is 1.56. The zero-order valence-electron chi connectivity index (χ0n) is 14.1. The third-order valence-corrected chi connectivity index (χ3v) is 5.71. The van der Waals surface area contributed by atoms with Crippen LogP contribution in [0.2, 0.25) is 0 Å². The van der Waals surface area contributed by atoms with Gasteiger partial charge in [-0.25, -0.2) is 8.42 Å². The topological polar surface area (TPSA) is 57.6 Å². The molecule has 0 saturated heterocycles. The Kier molecular flexibility index (Phi) is 4.76. The van der Waals surface area contributed by atoms with E-state index in [1.165, 1.54) is 22.9 Å². The van der Waals surface area contributed by atoms with E-state index < -0.39 is 15.9 Å². The van der Waals surface area contributed by atoms with Gasteiger partial charge in [-0.05, 0) is 42.2 Å². The van der Waals surface area contributed by atoms with Gasteiger partial charge in [-0.1, -0.05) is 35.9 Å². The summed E-state index contributed by atoms with van der Waals surface area (Å²) < 4.78 is 23.0. The minimum Gasteiger partial charge on any atom is -0.387 e. The van der Waals surface area contributed by atoms with Crippen molar-refractivity contribution in [3.8, 4) is 0 Å². The molecular formula is C19H23NO3S. The Hall–Kier alpha value is -1.69. The number of benzene rings is 2. The number of sulfone groups is 1. The van der Waals surface area contributed by atoms with Crippen molar-refractivity contribution in [2.75, 3.05) is 19.3 Å². The molecule has 4 nitrogen and oxygen atoms in total. The second kappa shape index (κ2) is 6.67. The number of aryl methyl sites for hydroxylation is 1. The van der Waals surface area contributed by atoms with Crippen LogP contribution in [0.3, 0.4) is 0 Å². The molecule has 2 aromatic rings. The molecular weight excluding hydrogens is 322 g/mol. The quantitative estimate of drug-likeness (QED) is 0.925. The van der Waals surface area contributed by atoms with E-state index in [0.29, 0.717) is 6.54 Å². The zero-order chi connectivity index (χ0) is 17.3. The molecule has 1 aliphatic heterocycles. The second-order valence-corrected chi connectivity index (χ2v) is 8.63. The van der Waals surface area contributed by atoms with Crippen molar-refractivity contribution in [3.63, 3.8) is 0 Å². The first-order chi connectivity index (χ1) is 11.3. The van der Waals surface area contributed by atoms with E-state index >= 15 is 0 Å². The Morgan fingerprint density at radius 1 is 1.12 bits per heavy atom. The molecule has 0 amide bonds. The second-order valence-electron chi connectivity index (χ2n) is 6.61. The Bertz CT molecular complexity index is 828. The van der Waals surface area contributed by atoms with E-state index in [9.17, 15) is 13.5 Å². The summed E-state index contributed by atoms with van der Waals surface area (Å²) in [4.78, 5) is 2.52. The first-order valence-corrected chi connectivity index (χ1v) is 10.0. The average molecular weight is 345 g/mol. The van der Waals surface area contributed by atoms with E-state index in [2.05, 4.69) is 30.0 Å². The lowest BCUT2D eigenvalue weighted by Gasteiger charge is -2.30. The summed E-state index contributed by atoms with van der Waals surface area (Å²) in [6, 6.07) is 13.1. The lowest BCUT2D eigenvalue weighted by atomic mass is 9.97. The van der Waals surface area contributed by atoms with Crippen LogP contribution in [0.15, 0.2) is 47.4 Å². The minimum absolute atomic E-state index is 0.278. The summed E-state index contributed by atoms with van der Waals surface area (Å²) in [6.45, 7) is 4.42. The molecule has 1 aliphatic rings. The molecule has 0 fully saturated rings. The van der Waals surface area contributed by atoms with Crippen LogP contribution in [0.1, 0.15) is 28.4 Å². The van der Waals surface area contributed by atoms with Crippen molar-refractivity contribution in [1.29, 1.82) is 0 Å². The Balaban J connectivity index is 1.67. The molecule has 0 spiro atoms. The van der Waals surface area contributed by atoms with Gasteiger partial charge in [0.15, 0.2) is 9.84 Å². The Morgan fingerprint density at radius 2 is 1.83 bits per heavy atom. The standard InChI is InChI=1S/C19H23NO3S/c1-14-3-4-17-12-20(10-9-16(17)11-14)13-19(21)15-5-7-18(8-6-15)24(2,22)23/h3-8,11,19,21H,9-10,12-13H2,1-2H3. The largest absolute Gasteiger partial charge is 0.387 e. The van der Waals surface area contributed by atoms with E-state index in [4.69, 9.17) is 0 Å². The van der Waals surface area contributed by atoms with Gasteiger partial charge in [0.25, 0.3) is 0 Å². The lowest BCUT2D eigenvalue weighted by Crippen LogP contribution is -2.34. The van der Waals surface area contributed by atoms with Crippen molar-refractivity contribution in [1.82, 2.24) is 4.90 Å². The van der Waals surface area contributed by atoms with Crippen LogP contribution < -0.4 is 0 Å². The predicted molar refractivity (Wildman–Crippen MR) is 94.7 cm³/mol. The molecule has 2 aromatic carbocycles. The van der Waals surface area contributed by atoms with E-state index in [1.807, 2.05) is 0 Å². The fraction of sp³-hybridized carbons (Fsp3) is 0.368. The van der Waals surface area contributed by atoms with Gasteiger partial charge in [0.2, 0.25) is 0 Å². The third kappa shape index (κ3) is 3.86. The highest BCUT2D eigenvalue weighted by molar-refractivity contribution is 7.90. The van der Waals surface area contributed by atoms with Gasteiger partial charge in [0.05, 0.1) is 11.0 Å². The third-order valence-electron chi connectivity index (χ3n) is 4.58. The number of aliphatic hydroxyl groups is 1. The van der Waals surface area contributed by atoms with Crippen molar-refractivity contribution in [2.24, 2.45) is 0 Å². The van der Waals surface area contributed by atoms with Crippen LogP contribution >= 0.6 is 0 Å². The molecule has 3 rings (SSSR count). The van der Waals surface area contributed by atoms with Crippen LogP contribution in [0.25, 0.3) is 0 Å². The Labute approximate surface area is 143 Å². The SMILES string of the molecule is Cc1ccc2c(c1)CCN(CC(O)c1ccc(S(C)(=O)=O)cc1)C2. The fourth-order valence-corrected chi connectivity index (χ4v) is 3.81. The number of nitrogens with zero attached hydrogens (tertiary/aromatic N) is 1. The molecule has 1 heterocycles. The number of aliphatic hydroxyl groups excluding tert-OH is 1. The monoisotopic (exact) mass is 345 g/mol.